The third-order valence-electron chi connectivity index (χ3n) is 13.9. The van der Waals surface area contributed by atoms with Crippen LogP contribution in [0.5, 0.6) is 0 Å². The Kier molecular flexibility index (Phi) is 37.7. The first-order valence-corrected chi connectivity index (χ1v) is 29.0. The van der Waals surface area contributed by atoms with Crippen LogP contribution in [0.1, 0.15) is 142 Å². The summed E-state index contributed by atoms with van der Waals surface area (Å²) in [6, 6.07) is -0.978. The molecule has 3 saturated heterocycles. The first kappa shape index (κ1) is 70.0. The molecule has 79 heavy (non-hydrogen) atoms. The average molecular weight is 1120 g/mol. The molecule has 0 bridgehead atoms. The molecule has 0 aromatic carbocycles. The maximum atomic E-state index is 13.1. The van der Waals surface area contributed by atoms with Crippen molar-refractivity contribution in [3.63, 3.8) is 0 Å². The van der Waals surface area contributed by atoms with Gasteiger partial charge in [-0.15, -0.1) is 0 Å². The highest BCUT2D eigenvalue weighted by molar-refractivity contribution is 5.76. The maximum Gasteiger partial charge on any atom is 0.220 e. The van der Waals surface area contributed by atoms with E-state index in [0.717, 1.165) is 83.5 Å². The van der Waals surface area contributed by atoms with Gasteiger partial charge in [0.2, 0.25) is 5.91 Å². The van der Waals surface area contributed by atoms with Crippen LogP contribution in [0.2, 0.25) is 0 Å². The van der Waals surface area contributed by atoms with Crippen LogP contribution >= 0.6 is 0 Å². The molecule has 17 atom stereocenters. The van der Waals surface area contributed by atoms with Gasteiger partial charge in [0.05, 0.1) is 38.6 Å². The van der Waals surface area contributed by atoms with Crippen molar-refractivity contribution in [3.05, 3.63) is 97.2 Å². The van der Waals surface area contributed by atoms with E-state index in [2.05, 4.69) is 97.3 Å². The number of nitrogens with one attached hydrogen (secondary N) is 1. The van der Waals surface area contributed by atoms with Crippen LogP contribution in [0.15, 0.2) is 97.2 Å². The van der Waals surface area contributed by atoms with Crippen molar-refractivity contribution in [3.8, 4) is 0 Å². The predicted octanol–water partition coefficient (Wildman–Crippen LogP) is 4.59. The number of allylic oxidation sites excluding steroid dienone is 15. The van der Waals surface area contributed by atoms with Gasteiger partial charge in [0.15, 0.2) is 18.9 Å². The fraction of sp³-hybridized carbons (Fsp3) is 0.717. The van der Waals surface area contributed by atoms with Crippen molar-refractivity contribution in [1.29, 1.82) is 0 Å². The smallest absolute Gasteiger partial charge is 0.220 e. The van der Waals surface area contributed by atoms with Gasteiger partial charge < -0.3 is 89.9 Å². The number of amides is 1. The van der Waals surface area contributed by atoms with E-state index in [0.29, 0.717) is 12.8 Å². The topological polar surface area (TPSA) is 307 Å². The normalized spacial score (nSPS) is 31.0. The van der Waals surface area contributed by atoms with Crippen LogP contribution in [-0.2, 0) is 33.2 Å². The van der Waals surface area contributed by atoms with Crippen LogP contribution < -0.4 is 5.32 Å². The number of ether oxygens (including phenoxy) is 6. The minimum atomic E-state index is -1.98. The third kappa shape index (κ3) is 26.7. The first-order chi connectivity index (χ1) is 38.3. The molecule has 3 rings (SSSR count). The monoisotopic (exact) mass is 1120 g/mol. The lowest BCUT2D eigenvalue weighted by atomic mass is 9.96. The molecule has 0 aliphatic carbocycles. The van der Waals surface area contributed by atoms with Crippen LogP contribution in [0.3, 0.4) is 0 Å². The summed E-state index contributed by atoms with van der Waals surface area (Å²) in [5.74, 6) is -0.301. The van der Waals surface area contributed by atoms with Crippen LogP contribution in [0.4, 0.5) is 0 Å². The molecule has 452 valence electrons. The molecule has 1 amide bonds. The number of hydrogen-bond acceptors (Lipinski definition) is 18. The fourth-order valence-corrected chi connectivity index (χ4v) is 9.12. The quantitative estimate of drug-likeness (QED) is 0.0295. The van der Waals surface area contributed by atoms with E-state index >= 15 is 0 Å². The van der Waals surface area contributed by atoms with Gasteiger partial charge in [-0.05, 0) is 70.6 Å². The number of carbonyl (C=O) groups excluding carboxylic acids is 1. The van der Waals surface area contributed by atoms with E-state index in [9.17, 15) is 61.0 Å². The lowest BCUT2D eigenvalue weighted by molar-refractivity contribution is -0.379. The van der Waals surface area contributed by atoms with Crippen molar-refractivity contribution >= 4 is 5.91 Å². The SMILES string of the molecule is CC/C=C\C/C=C\C/C=C\C/C=C\C/C=C\C/C=C\C/C=C\CCCCCCCCCCCC(=O)NC(COC1OC(CO)C(OC2OC(CO)C(OC3OC(CO)C(O)C(O)C3O)C(O)C2O)C(O)C1O)C(O)/C=C/CCC. The Morgan fingerprint density at radius 3 is 1.34 bits per heavy atom. The summed E-state index contributed by atoms with van der Waals surface area (Å²) in [5.41, 5.74) is 0. The average Bonchev–Trinajstić information content (AvgIpc) is 3.55. The van der Waals surface area contributed by atoms with E-state index in [1.54, 1.807) is 12.2 Å². The summed E-state index contributed by atoms with van der Waals surface area (Å²) < 4.78 is 33.9. The van der Waals surface area contributed by atoms with E-state index < -0.39 is 124 Å². The second-order valence-corrected chi connectivity index (χ2v) is 20.4. The highest BCUT2D eigenvalue weighted by atomic mass is 16.8. The summed E-state index contributed by atoms with van der Waals surface area (Å²) in [7, 11) is 0. The van der Waals surface area contributed by atoms with Gasteiger partial charge in [0.1, 0.15) is 73.2 Å². The number of aliphatic hydroxyl groups excluding tert-OH is 11. The fourth-order valence-electron chi connectivity index (χ4n) is 9.12. The number of aliphatic hydroxyl groups is 11. The lowest BCUT2D eigenvalue weighted by Crippen LogP contribution is -2.66. The molecular formula is C60H99NO18. The van der Waals surface area contributed by atoms with E-state index in [4.69, 9.17) is 28.4 Å². The molecular weight excluding hydrogens is 1020 g/mol. The number of unbranched alkanes of at least 4 members (excludes halogenated alkanes) is 10. The maximum absolute atomic E-state index is 13.1. The predicted molar refractivity (Wildman–Crippen MR) is 300 cm³/mol. The van der Waals surface area contributed by atoms with Gasteiger partial charge in [0.25, 0.3) is 0 Å². The molecule has 3 aliphatic heterocycles. The minimum absolute atomic E-state index is 0.226. The molecule has 3 aliphatic rings. The third-order valence-corrected chi connectivity index (χ3v) is 13.9. The molecule has 0 aromatic heterocycles. The van der Waals surface area contributed by atoms with Crippen molar-refractivity contribution < 1.29 is 89.4 Å². The number of rotatable bonds is 40. The lowest BCUT2D eigenvalue weighted by Gasteiger charge is -2.48. The van der Waals surface area contributed by atoms with Gasteiger partial charge in [-0.2, -0.15) is 0 Å². The molecule has 17 unspecified atom stereocenters. The second kappa shape index (κ2) is 42.5. The zero-order valence-electron chi connectivity index (χ0n) is 46.8. The number of hydrogen-bond donors (Lipinski definition) is 12. The summed E-state index contributed by atoms with van der Waals surface area (Å²) in [6.07, 6.45) is 26.8. The molecule has 0 aromatic rings. The Morgan fingerprint density at radius 2 is 0.873 bits per heavy atom. The molecule has 0 radical (unpaired) electrons. The Bertz CT molecular complexity index is 1820. The van der Waals surface area contributed by atoms with Crippen molar-refractivity contribution in [2.24, 2.45) is 0 Å². The summed E-state index contributed by atoms with van der Waals surface area (Å²) >= 11 is 0. The summed E-state index contributed by atoms with van der Waals surface area (Å²) in [6.45, 7) is 1.32. The molecule has 19 nitrogen and oxygen atoms in total. The molecule has 3 fully saturated rings. The molecule has 0 spiro atoms. The van der Waals surface area contributed by atoms with Gasteiger partial charge >= 0.3 is 0 Å². The van der Waals surface area contributed by atoms with Gasteiger partial charge in [-0.1, -0.05) is 162 Å². The Hall–Kier alpha value is -3.29. The minimum Gasteiger partial charge on any atom is -0.394 e. The largest absolute Gasteiger partial charge is 0.394 e. The highest BCUT2D eigenvalue weighted by Gasteiger charge is 2.53. The van der Waals surface area contributed by atoms with E-state index in [1.165, 1.54) is 25.7 Å². The zero-order valence-corrected chi connectivity index (χ0v) is 46.8. The first-order valence-electron chi connectivity index (χ1n) is 29.0. The number of carbonyl (C=O) groups is 1. The standard InChI is InChI=1S/C60H99NO18/c1-3-5-7-8-9-10-11-12-13-14-15-16-17-18-19-20-21-22-23-24-25-26-27-28-29-30-31-32-33-34-36-38-48(66)61-43(44(65)37-35-6-4-2)42-74-58-54(72)51(69)56(46(40-63)76-58)79-60-55(73)52(70)57(47(41-64)77-60)78-59-53(71)50(68)49(67)45(39-62)75-59/h5,7,9-10,12-13,15-16,18-19,21-22,24-25,35,37,43-47,49-60,62-65,67-73H,3-4,6,8,11,14,17,20,23,26-34,36,38-42H2,1-2H3,(H,61,66)/b7-5-,10-9-,13-12-,16-15-,19-18-,22-21-,25-24-,37-35+. The van der Waals surface area contributed by atoms with Crippen molar-refractivity contribution in [1.82, 2.24) is 5.32 Å². The summed E-state index contributed by atoms with van der Waals surface area (Å²) in [4.78, 5) is 13.1. The van der Waals surface area contributed by atoms with Gasteiger partial charge in [0, 0.05) is 6.42 Å². The Labute approximate surface area is 469 Å². The molecule has 12 N–H and O–H groups in total. The second-order valence-electron chi connectivity index (χ2n) is 20.4. The van der Waals surface area contributed by atoms with Crippen molar-refractivity contribution in [2.75, 3.05) is 26.4 Å². The Balaban J connectivity index is 1.31. The van der Waals surface area contributed by atoms with Crippen LogP contribution in [-0.4, -0.2) is 193 Å². The van der Waals surface area contributed by atoms with Crippen LogP contribution in [0.25, 0.3) is 0 Å². The molecule has 0 saturated carbocycles. The Morgan fingerprint density at radius 1 is 0.468 bits per heavy atom. The summed E-state index contributed by atoms with van der Waals surface area (Å²) in [5, 5.41) is 119. The van der Waals surface area contributed by atoms with E-state index in [1.807, 2.05) is 6.92 Å². The van der Waals surface area contributed by atoms with Crippen LogP contribution in [0, 0.1) is 0 Å². The van der Waals surface area contributed by atoms with Gasteiger partial charge in [-0.3, -0.25) is 4.79 Å². The molecule has 19 heteroatoms. The van der Waals surface area contributed by atoms with Gasteiger partial charge in [-0.25, -0.2) is 0 Å². The molecule has 3 heterocycles. The van der Waals surface area contributed by atoms with Crippen molar-refractivity contribution in [2.45, 2.75) is 247 Å². The zero-order chi connectivity index (χ0) is 57.6. The van der Waals surface area contributed by atoms with E-state index in [-0.39, 0.29) is 18.9 Å². The highest BCUT2D eigenvalue weighted by Crippen LogP contribution is 2.33.